The molecule has 0 bridgehead atoms. The topological polar surface area (TPSA) is 116 Å². The van der Waals surface area contributed by atoms with Gasteiger partial charge in [0.15, 0.2) is 16.6 Å². The Morgan fingerprint density at radius 2 is 1.83 bits per heavy atom. The van der Waals surface area contributed by atoms with E-state index in [2.05, 4.69) is 15.0 Å². The Bertz CT molecular complexity index is 1500. The first kappa shape index (κ1) is 22.7. The number of carbonyl (C=O) groups is 1. The number of nitrogens with one attached hydrogen (secondary N) is 2. The number of aromatic nitrogens is 1. The molecule has 11 heteroatoms. The number of sulfonamides is 1. The van der Waals surface area contributed by atoms with Gasteiger partial charge in [-0.15, -0.1) is 11.3 Å². The highest BCUT2D eigenvalue weighted by molar-refractivity contribution is 7.92. The number of anilines is 2. The van der Waals surface area contributed by atoms with Crippen LogP contribution in [0.3, 0.4) is 0 Å². The van der Waals surface area contributed by atoms with Gasteiger partial charge in [-0.25, -0.2) is 13.4 Å². The molecular formula is C24H19N3O6S2. The van der Waals surface area contributed by atoms with Crippen LogP contribution in [0.25, 0.3) is 11.3 Å². The molecule has 0 atom stereocenters. The molecule has 0 radical (unpaired) electrons. The van der Waals surface area contributed by atoms with Crippen molar-refractivity contribution in [3.8, 4) is 28.5 Å². The molecule has 0 unspecified atom stereocenters. The highest BCUT2D eigenvalue weighted by atomic mass is 32.2. The third kappa shape index (κ3) is 4.91. The zero-order valence-corrected chi connectivity index (χ0v) is 20.0. The van der Waals surface area contributed by atoms with Crippen molar-refractivity contribution < 1.29 is 27.4 Å². The molecule has 5 rings (SSSR count). The molecule has 4 aromatic rings. The number of carbonyl (C=O) groups excluding carboxylic acids is 1. The van der Waals surface area contributed by atoms with E-state index in [0.29, 0.717) is 28.1 Å². The molecule has 9 nitrogen and oxygen atoms in total. The number of hydrogen-bond acceptors (Lipinski definition) is 8. The van der Waals surface area contributed by atoms with Crippen LogP contribution in [-0.2, 0) is 10.0 Å². The van der Waals surface area contributed by atoms with E-state index in [4.69, 9.17) is 14.2 Å². The normalized spacial score (nSPS) is 12.3. The van der Waals surface area contributed by atoms with Gasteiger partial charge in [0.1, 0.15) is 5.75 Å². The van der Waals surface area contributed by atoms with E-state index < -0.39 is 15.9 Å². The Morgan fingerprint density at radius 1 is 1.03 bits per heavy atom. The number of hydrogen-bond donors (Lipinski definition) is 2. The van der Waals surface area contributed by atoms with Gasteiger partial charge in [0.2, 0.25) is 6.79 Å². The Balaban J connectivity index is 1.28. The van der Waals surface area contributed by atoms with Crippen LogP contribution < -0.4 is 24.2 Å². The van der Waals surface area contributed by atoms with Crippen LogP contribution in [0, 0.1) is 0 Å². The molecule has 2 heterocycles. The first-order valence-electron chi connectivity index (χ1n) is 10.4. The first-order chi connectivity index (χ1) is 16.9. The summed E-state index contributed by atoms with van der Waals surface area (Å²) in [4.78, 5) is 17.4. The van der Waals surface area contributed by atoms with Crippen LogP contribution >= 0.6 is 11.3 Å². The van der Waals surface area contributed by atoms with Gasteiger partial charge in [-0.05, 0) is 60.7 Å². The zero-order valence-electron chi connectivity index (χ0n) is 18.3. The van der Waals surface area contributed by atoms with E-state index in [9.17, 15) is 13.2 Å². The van der Waals surface area contributed by atoms with Gasteiger partial charge in [0, 0.05) is 22.2 Å². The molecule has 0 spiro atoms. The van der Waals surface area contributed by atoms with E-state index in [-0.39, 0.29) is 22.9 Å². The second kappa shape index (κ2) is 9.28. The predicted octanol–water partition coefficient (Wildman–Crippen LogP) is 4.60. The van der Waals surface area contributed by atoms with Gasteiger partial charge < -0.3 is 14.2 Å². The van der Waals surface area contributed by atoms with Crippen LogP contribution in [0.4, 0.5) is 10.8 Å². The largest absolute Gasteiger partial charge is 0.497 e. The summed E-state index contributed by atoms with van der Waals surface area (Å²) < 4.78 is 43.7. The molecule has 1 amide bonds. The summed E-state index contributed by atoms with van der Waals surface area (Å²) in [6.07, 6.45) is 0. The molecule has 1 aromatic heterocycles. The maximum absolute atomic E-state index is 12.8. The van der Waals surface area contributed by atoms with Crippen molar-refractivity contribution in [2.24, 2.45) is 0 Å². The van der Waals surface area contributed by atoms with Crippen LogP contribution in [0.2, 0.25) is 0 Å². The molecule has 1 aliphatic heterocycles. The fourth-order valence-electron chi connectivity index (χ4n) is 3.38. The summed E-state index contributed by atoms with van der Waals surface area (Å²) in [5, 5.41) is 4.99. The van der Waals surface area contributed by atoms with Gasteiger partial charge in [0.25, 0.3) is 15.9 Å². The summed E-state index contributed by atoms with van der Waals surface area (Å²) >= 11 is 1.28. The standard InChI is InChI=1S/C24H19N3O6S2/c1-31-18-6-8-19(9-7-18)35(29,30)27-17-4-2-3-16(11-17)23(28)26-24-25-20(13-34-24)15-5-10-21-22(12-15)33-14-32-21/h2-13,27H,14H2,1H3,(H,25,26,28). The second-order valence-electron chi connectivity index (χ2n) is 7.42. The number of fused-ring (bicyclic) bond motifs is 1. The zero-order chi connectivity index (χ0) is 24.4. The fourth-order valence-corrected chi connectivity index (χ4v) is 5.15. The first-order valence-corrected chi connectivity index (χ1v) is 12.7. The molecular weight excluding hydrogens is 490 g/mol. The molecule has 35 heavy (non-hydrogen) atoms. The molecule has 0 saturated heterocycles. The Kier molecular flexibility index (Phi) is 6.01. The van der Waals surface area contributed by atoms with Gasteiger partial charge in [-0.1, -0.05) is 6.07 Å². The molecule has 2 N–H and O–H groups in total. The summed E-state index contributed by atoms with van der Waals surface area (Å²) in [6.45, 7) is 0.187. The SMILES string of the molecule is COc1ccc(S(=O)(=O)Nc2cccc(C(=O)Nc3nc(-c4ccc5c(c4)OCO5)cs3)c2)cc1. The third-order valence-corrected chi connectivity index (χ3v) is 7.29. The predicted molar refractivity (Wildman–Crippen MR) is 132 cm³/mol. The average Bonchev–Trinajstić information content (AvgIpc) is 3.53. The lowest BCUT2D eigenvalue weighted by molar-refractivity contribution is 0.102. The van der Waals surface area contributed by atoms with Crippen molar-refractivity contribution in [3.63, 3.8) is 0 Å². The highest BCUT2D eigenvalue weighted by Gasteiger charge is 2.17. The number of benzene rings is 3. The van der Waals surface area contributed by atoms with E-state index >= 15 is 0 Å². The minimum Gasteiger partial charge on any atom is -0.497 e. The van der Waals surface area contributed by atoms with Crippen LogP contribution in [0.5, 0.6) is 17.2 Å². The van der Waals surface area contributed by atoms with Crippen LogP contribution in [0.1, 0.15) is 10.4 Å². The fraction of sp³-hybridized carbons (Fsp3) is 0.0833. The summed E-state index contributed by atoms with van der Waals surface area (Å²) in [6, 6.07) is 17.7. The van der Waals surface area contributed by atoms with Crippen molar-refractivity contribution in [1.29, 1.82) is 0 Å². The van der Waals surface area contributed by atoms with Crippen LogP contribution in [-0.4, -0.2) is 33.2 Å². The highest BCUT2D eigenvalue weighted by Crippen LogP contribution is 2.36. The van der Waals surface area contributed by atoms with E-state index in [0.717, 1.165) is 5.56 Å². The monoisotopic (exact) mass is 509 g/mol. The third-order valence-electron chi connectivity index (χ3n) is 5.14. The summed E-state index contributed by atoms with van der Waals surface area (Å²) in [5.41, 5.74) is 2.05. The van der Waals surface area contributed by atoms with Crippen molar-refractivity contribution in [2.75, 3.05) is 23.9 Å². The van der Waals surface area contributed by atoms with Crippen molar-refractivity contribution in [1.82, 2.24) is 4.98 Å². The van der Waals surface area contributed by atoms with Gasteiger partial charge in [-0.3, -0.25) is 14.8 Å². The maximum atomic E-state index is 12.8. The van der Waals surface area contributed by atoms with Gasteiger partial charge in [0.05, 0.1) is 17.7 Å². The Labute approximate surface area is 205 Å². The molecule has 0 fully saturated rings. The minimum absolute atomic E-state index is 0.0759. The Hall–Kier alpha value is -4.09. The lowest BCUT2D eigenvalue weighted by Gasteiger charge is -2.10. The molecule has 3 aromatic carbocycles. The number of rotatable bonds is 7. The molecule has 0 saturated carbocycles. The average molecular weight is 510 g/mol. The van der Waals surface area contributed by atoms with E-state index in [1.54, 1.807) is 30.3 Å². The molecule has 0 aliphatic carbocycles. The number of nitrogens with zero attached hydrogens (tertiary/aromatic N) is 1. The van der Waals surface area contributed by atoms with Crippen molar-refractivity contribution in [3.05, 3.63) is 77.7 Å². The summed E-state index contributed by atoms with van der Waals surface area (Å²) in [7, 11) is -2.34. The van der Waals surface area contributed by atoms with Crippen molar-refractivity contribution in [2.45, 2.75) is 4.90 Å². The number of methoxy groups -OCH3 is 1. The smallest absolute Gasteiger partial charge is 0.261 e. The van der Waals surface area contributed by atoms with E-state index in [1.807, 2.05) is 23.6 Å². The minimum atomic E-state index is -3.84. The number of thiazole rings is 1. The molecule has 178 valence electrons. The Morgan fingerprint density at radius 3 is 2.63 bits per heavy atom. The van der Waals surface area contributed by atoms with E-state index in [1.165, 1.54) is 36.6 Å². The van der Waals surface area contributed by atoms with Crippen LogP contribution in [0.15, 0.2) is 77.0 Å². The number of ether oxygens (including phenoxy) is 3. The van der Waals surface area contributed by atoms with Gasteiger partial charge in [-0.2, -0.15) is 0 Å². The van der Waals surface area contributed by atoms with Crippen molar-refractivity contribution >= 4 is 38.1 Å². The number of amides is 1. The maximum Gasteiger partial charge on any atom is 0.261 e. The second-order valence-corrected chi connectivity index (χ2v) is 9.96. The lowest BCUT2D eigenvalue weighted by Crippen LogP contribution is -2.15. The van der Waals surface area contributed by atoms with Gasteiger partial charge >= 0.3 is 0 Å². The lowest BCUT2D eigenvalue weighted by atomic mass is 10.1. The quantitative estimate of drug-likeness (QED) is 0.374. The summed E-state index contributed by atoms with van der Waals surface area (Å²) in [5.74, 6) is 1.46. The molecule has 1 aliphatic rings.